The van der Waals surface area contributed by atoms with Crippen LogP contribution in [0.4, 0.5) is 4.39 Å². The van der Waals surface area contributed by atoms with Crippen LogP contribution >= 0.6 is 11.6 Å². The van der Waals surface area contributed by atoms with Gasteiger partial charge in [-0.05, 0) is 19.9 Å². The summed E-state index contributed by atoms with van der Waals surface area (Å²) in [6.07, 6.45) is 0. The van der Waals surface area contributed by atoms with Gasteiger partial charge in [0, 0.05) is 10.5 Å². The van der Waals surface area contributed by atoms with E-state index in [9.17, 15) is 39.1 Å². The number of hydrogen-bond donors (Lipinski definition) is 2. The lowest BCUT2D eigenvalue weighted by atomic mass is 9.83. The van der Waals surface area contributed by atoms with Gasteiger partial charge in [-0.25, -0.2) is 4.39 Å². The Morgan fingerprint density at radius 3 is 2.27 bits per heavy atom. The van der Waals surface area contributed by atoms with Crippen LogP contribution in [0.25, 0.3) is 0 Å². The Morgan fingerprint density at radius 2 is 1.88 bits per heavy atom. The molecule has 26 heavy (non-hydrogen) atoms. The van der Waals surface area contributed by atoms with Crippen molar-refractivity contribution in [2.24, 2.45) is 5.92 Å². The van der Waals surface area contributed by atoms with Crippen molar-refractivity contribution in [2.75, 3.05) is 13.2 Å². The fraction of sp³-hybridized carbons (Fsp3) is 0.400. The number of Topliss-reactive ketones (excluding diaryl/α,β-unsaturated/α-hetero) is 1. The molecular formula is C15H15ClFNO8. The molecular weight excluding hydrogens is 377 g/mol. The third-order valence-electron chi connectivity index (χ3n) is 3.53. The Hall–Kier alpha value is -2.75. The van der Waals surface area contributed by atoms with E-state index < -0.39 is 63.2 Å². The number of ketones is 1. The van der Waals surface area contributed by atoms with Crippen LogP contribution in [-0.2, 0) is 9.59 Å². The van der Waals surface area contributed by atoms with Crippen molar-refractivity contribution >= 4 is 29.3 Å². The monoisotopic (exact) mass is 391 g/mol. The summed E-state index contributed by atoms with van der Waals surface area (Å²) in [5.41, 5.74) is -0.966. The van der Waals surface area contributed by atoms with Crippen LogP contribution in [0, 0.1) is 21.8 Å². The van der Waals surface area contributed by atoms with Gasteiger partial charge in [-0.3, -0.25) is 24.5 Å². The number of nitro groups is 1. The van der Waals surface area contributed by atoms with Crippen LogP contribution < -0.4 is 4.74 Å². The van der Waals surface area contributed by atoms with Gasteiger partial charge >= 0.3 is 11.9 Å². The zero-order valence-corrected chi connectivity index (χ0v) is 14.4. The quantitative estimate of drug-likeness (QED) is 0.282. The first-order valence-electron chi connectivity index (χ1n) is 7.25. The molecule has 0 radical (unpaired) electrons. The molecule has 0 bridgehead atoms. The number of carboxylic acids is 2. The average molecular weight is 392 g/mol. The van der Waals surface area contributed by atoms with E-state index in [0.717, 1.165) is 13.0 Å². The first kappa shape index (κ1) is 21.3. The van der Waals surface area contributed by atoms with Gasteiger partial charge in [0.25, 0.3) is 0 Å². The van der Waals surface area contributed by atoms with Gasteiger partial charge in [-0.2, -0.15) is 0 Å². The molecule has 1 rings (SSSR count). The van der Waals surface area contributed by atoms with Crippen molar-refractivity contribution in [1.82, 2.24) is 0 Å². The second kappa shape index (κ2) is 8.56. The normalized spacial score (nSPS) is 11.9. The summed E-state index contributed by atoms with van der Waals surface area (Å²) < 4.78 is 19.9. The van der Waals surface area contributed by atoms with Gasteiger partial charge in [0.15, 0.2) is 11.7 Å². The predicted molar refractivity (Wildman–Crippen MR) is 85.9 cm³/mol. The largest absolute Gasteiger partial charge is 0.493 e. The third kappa shape index (κ3) is 4.45. The van der Waals surface area contributed by atoms with E-state index in [4.69, 9.17) is 16.3 Å². The number of hydrogen-bond acceptors (Lipinski definition) is 6. The maximum Gasteiger partial charge on any atom is 0.318 e. The minimum Gasteiger partial charge on any atom is -0.493 e. The van der Waals surface area contributed by atoms with E-state index >= 15 is 0 Å². The maximum absolute atomic E-state index is 14.7. The summed E-state index contributed by atoms with van der Waals surface area (Å²) in [7, 11) is 0. The lowest BCUT2D eigenvalue weighted by Gasteiger charge is -2.23. The molecule has 0 spiro atoms. The SMILES string of the molecule is CCOc1c(C(C)=O)cc(Cl)c(F)c1C(C[N+](=O)[O-])C(C(=O)O)C(=O)O. The summed E-state index contributed by atoms with van der Waals surface area (Å²) in [6, 6.07) is 0.938. The molecule has 0 aliphatic heterocycles. The van der Waals surface area contributed by atoms with E-state index in [1.807, 2.05) is 0 Å². The van der Waals surface area contributed by atoms with Crippen molar-refractivity contribution in [2.45, 2.75) is 19.8 Å². The number of aliphatic carboxylic acids is 2. The lowest BCUT2D eigenvalue weighted by Crippen LogP contribution is -2.34. The number of carbonyl (C=O) groups excluding carboxylic acids is 1. The van der Waals surface area contributed by atoms with Crippen molar-refractivity contribution in [3.8, 4) is 5.75 Å². The van der Waals surface area contributed by atoms with Crippen molar-refractivity contribution in [1.29, 1.82) is 0 Å². The van der Waals surface area contributed by atoms with Crippen LogP contribution in [-0.4, -0.2) is 46.0 Å². The third-order valence-corrected chi connectivity index (χ3v) is 3.80. The average Bonchev–Trinajstić information content (AvgIpc) is 2.49. The van der Waals surface area contributed by atoms with E-state index in [1.165, 1.54) is 6.92 Å². The van der Waals surface area contributed by atoms with Crippen LogP contribution in [0.5, 0.6) is 5.75 Å². The molecule has 0 aliphatic rings. The summed E-state index contributed by atoms with van der Waals surface area (Å²) in [4.78, 5) is 44.5. The molecule has 0 amide bonds. The number of carboxylic acid groups (broad SMARTS) is 2. The van der Waals surface area contributed by atoms with E-state index in [0.29, 0.717) is 0 Å². The number of benzene rings is 1. The van der Waals surface area contributed by atoms with Gasteiger partial charge in [-0.15, -0.1) is 0 Å². The van der Waals surface area contributed by atoms with Crippen molar-refractivity contribution < 1.29 is 38.6 Å². The fourth-order valence-corrected chi connectivity index (χ4v) is 2.71. The van der Waals surface area contributed by atoms with Crippen LogP contribution in [0.15, 0.2) is 6.07 Å². The topological polar surface area (TPSA) is 144 Å². The molecule has 1 aromatic carbocycles. The van der Waals surface area contributed by atoms with Crippen molar-refractivity contribution in [3.63, 3.8) is 0 Å². The summed E-state index contributed by atoms with van der Waals surface area (Å²) >= 11 is 5.73. The number of ether oxygens (including phenoxy) is 1. The molecule has 0 fully saturated rings. The first-order valence-corrected chi connectivity index (χ1v) is 7.63. The second-order valence-corrected chi connectivity index (χ2v) is 5.64. The fourth-order valence-electron chi connectivity index (χ4n) is 2.50. The van der Waals surface area contributed by atoms with Crippen LogP contribution in [0.2, 0.25) is 5.02 Å². The molecule has 1 unspecified atom stereocenters. The highest BCUT2D eigenvalue weighted by Gasteiger charge is 2.43. The van der Waals surface area contributed by atoms with Gasteiger partial charge in [0.05, 0.1) is 23.1 Å². The molecule has 1 atom stereocenters. The van der Waals surface area contributed by atoms with E-state index in [-0.39, 0.29) is 12.2 Å². The van der Waals surface area contributed by atoms with E-state index in [1.54, 1.807) is 0 Å². The maximum atomic E-state index is 14.7. The minimum atomic E-state index is -2.35. The highest BCUT2D eigenvalue weighted by atomic mass is 35.5. The molecule has 2 N–H and O–H groups in total. The Kier molecular flexibility index (Phi) is 7.01. The summed E-state index contributed by atoms with van der Waals surface area (Å²) in [6.45, 7) is 1.27. The molecule has 0 saturated heterocycles. The Morgan fingerprint density at radius 1 is 1.35 bits per heavy atom. The smallest absolute Gasteiger partial charge is 0.318 e. The lowest BCUT2D eigenvalue weighted by molar-refractivity contribution is -0.484. The highest BCUT2D eigenvalue weighted by molar-refractivity contribution is 6.31. The van der Waals surface area contributed by atoms with Crippen LogP contribution in [0.3, 0.4) is 0 Å². The number of nitrogens with zero attached hydrogens (tertiary/aromatic N) is 1. The molecule has 1 aromatic rings. The minimum absolute atomic E-state index is 0.0929. The van der Waals surface area contributed by atoms with E-state index in [2.05, 4.69) is 0 Å². The molecule has 0 aromatic heterocycles. The first-order chi connectivity index (χ1) is 12.0. The Balaban J connectivity index is 3.88. The molecule has 0 heterocycles. The second-order valence-electron chi connectivity index (χ2n) is 5.23. The summed E-state index contributed by atoms with van der Waals surface area (Å²) in [5, 5.41) is 28.7. The Labute approximate surface area is 151 Å². The highest BCUT2D eigenvalue weighted by Crippen LogP contribution is 2.40. The van der Waals surface area contributed by atoms with Crippen molar-refractivity contribution in [3.05, 3.63) is 38.1 Å². The summed E-state index contributed by atoms with van der Waals surface area (Å²) in [5.74, 6) is -10.5. The molecule has 0 aliphatic carbocycles. The van der Waals surface area contributed by atoms with Gasteiger partial charge in [0.1, 0.15) is 11.6 Å². The van der Waals surface area contributed by atoms with Gasteiger partial charge in [0.2, 0.25) is 6.54 Å². The standard InChI is InChI=1S/C15H15ClFNO8/c1-3-26-13-7(6(2)19)4-9(16)12(17)10(13)8(5-18(24)25)11(14(20)21)15(22)23/h4,8,11H,3,5H2,1-2H3,(H,20,21)(H,22,23). The molecule has 9 nitrogen and oxygen atoms in total. The van der Waals surface area contributed by atoms with Crippen LogP contribution in [0.1, 0.15) is 35.7 Å². The van der Waals surface area contributed by atoms with Gasteiger partial charge in [-0.1, -0.05) is 11.6 Å². The zero-order valence-electron chi connectivity index (χ0n) is 13.7. The zero-order chi connectivity index (χ0) is 20.2. The molecule has 11 heteroatoms. The number of halogens is 2. The number of rotatable bonds is 9. The molecule has 0 saturated carbocycles. The Bertz CT molecular complexity index is 753. The predicted octanol–water partition coefficient (Wildman–Crippen LogP) is 2.23. The molecule has 142 valence electrons. The number of carbonyl (C=O) groups is 3. The van der Waals surface area contributed by atoms with Gasteiger partial charge < -0.3 is 14.9 Å².